The lowest BCUT2D eigenvalue weighted by atomic mass is 10.0. The summed E-state index contributed by atoms with van der Waals surface area (Å²) in [4.78, 5) is 0. The number of primary sulfonamides is 1. The highest BCUT2D eigenvalue weighted by atomic mass is 32.2. The standard InChI is InChI=1S/C17H21NO6S/c1-22-11-24-15-9-13(8-14(10-15)23-2)16(19)17(25(18,20)21)12-6-4-3-5-7-12/h3-10,16-17,19H,11H2,1-2H3,(H2,18,20,21). The van der Waals surface area contributed by atoms with Crippen LogP contribution >= 0.6 is 0 Å². The average molecular weight is 367 g/mol. The Hall–Kier alpha value is -2.13. The number of aliphatic hydroxyl groups excluding tert-OH is 1. The lowest BCUT2D eigenvalue weighted by Gasteiger charge is -2.22. The summed E-state index contributed by atoms with van der Waals surface area (Å²) in [6.45, 7) is 0.00000416. The summed E-state index contributed by atoms with van der Waals surface area (Å²) in [5.41, 5.74) is 0.688. The Kier molecular flexibility index (Phi) is 6.38. The molecule has 25 heavy (non-hydrogen) atoms. The zero-order chi connectivity index (χ0) is 18.4. The molecule has 8 heteroatoms. The number of aliphatic hydroxyl groups is 1. The molecule has 7 nitrogen and oxygen atoms in total. The molecule has 0 spiro atoms. The minimum Gasteiger partial charge on any atom is -0.497 e. The molecule has 0 aliphatic heterocycles. The highest BCUT2D eigenvalue weighted by Gasteiger charge is 2.33. The molecule has 0 radical (unpaired) electrons. The van der Waals surface area contributed by atoms with Crippen LogP contribution in [0.2, 0.25) is 0 Å². The van der Waals surface area contributed by atoms with E-state index in [0.717, 1.165) is 0 Å². The van der Waals surface area contributed by atoms with E-state index in [9.17, 15) is 13.5 Å². The van der Waals surface area contributed by atoms with Crippen molar-refractivity contribution in [2.24, 2.45) is 5.14 Å². The van der Waals surface area contributed by atoms with Crippen molar-refractivity contribution in [2.45, 2.75) is 11.4 Å². The molecule has 0 saturated heterocycles. The highest BCUT2D eigenvalue weighted by molar-refractivity contribution is 7.89. The molecule has 0 aromatic heterocycles. The van der Waals surface area contributed by atoms with Crippen molar-refractivity contribution in [1.82, 2.24) is 0 Å². The topological polar surface area (TPSA) is 108 Å². The van der Waals surface area contributed by atoms with E-state index >= 15 is 0 Å². The maximum atomic E-state index is 12.1. The Morgan fingerprint density at radius 2 is 1.68 bits per heavy atom. The first-order chi connectivity index (χ1) is 11.9. The van der Waals surface area contributed by atoms with Crippen LogP contribution < -0.4 is 14.6 Å². The molecule has 2 unspecified atom stereocenters. The Bertz CT molecular complexity index is 794. The van der Waals surface area contributed by atoms with E-state index in [1.807, 2.05) is 0 Å². The molecule has 0 aliphatic carbocycles. The molecule has 0 fully saturated rings. The van der Waals surface area contributed by atoms with Gasteiger partial charge in [0.15, 0.2) is 6.79 Å². The quantitative estimate of drug-likeness (QED) is 0.688. The van der Waals surface area contributed by atoms with Gasteiger partial charge in [0, 0.05) is 13.2 Å². The Labute approximate surface area is 147 Å². The van der Waals surface area contributed by atoms with Gasteiger partial charge in [0.05, 0.1) is 7.11 Å². The molecule has 2 atom stereocenters. The summed E-state index contributed by atoms with van der Waals surface area (Å²) >= 11 is 0. The first-order valence-corrected chi connectivity index (χ1v) is 9.03. The van der Waals surface area contributed by atoms with Crippen molar-refractivity contribution >= 4 is 10.0 Å². The zero-order valence-corrected chi connectivity index (χ0v) is 14.8. The molecule has 3 N–H and O–H groups in total. The minimum atomic E-state index is -4.07. The van der Waals surface area contributed by atoms with E-state index in [2.05, 4.69) is 0 Å². The number of hydrogen-bond donors (Lipinski definition) is 2. The molecule has 136 valence electrons. The molecule has 0 bridgehead atoms. The van der Waals surface area contributed by atoms with Crippen molar-refractivity contribution in [3.63, 3.8) is 0 Å². The lowest BCUT2D eigenvalue weighted by molar-refractivity contribution is 0.0507. The third-order valence-electron chi connectivity index (χ3n) is 3.59. The van der Waals surface area contributed by atoms with Gasteiger partial charge in [-0.2, -0.15) is 0 Å². The van der Waals surface area contributed by atoms with Gasteiger partial charge in [0.1, 0.15) is 22.9 Å². The molecular weight excluding hydrogens is 346 g/mol. The fourth-order valence-electron chi connectivity index (χ4n) is 2.46. The fraction of sp³-hybridized carbons (Fsp3) is 0.294. The van der Waals surface area contributed by atoms with E-state index in [-0.39, 0.29) is 6.79 Å². The van der Waals surface area contributed by atoms with Crippen molar-refractivity contribution in [1.29, 1.82) is 0 Å². The molecule has 2 aromatic carbocycles. The summed E-state index contributed by atoms with van der Waals surface area (Å²) in [5.74, 6) is 0.778. The Morgan fingerprint density at radius 1 is 1.04 bits per heavy atom. The number of sulfonamides is 1. The summed E-state index contributed by atoms with van der Waals surface area (Å²) < 4.78 is 39.6. The first-order valence-electron chi connectivity index (χ1n) is 7.42. The predicted molar refractivity (Wildman–Crippen MR) is 92.7 cm³/mol. The van der Waals surface area contributed by atoms with E-state index in [4.69, 9.17) is 19.3 Å². The van der Waals surface area contributed by atoms with Gasteiger partial charge in [-0.1, -0.05) is 30.3 Å². The van der Waals surface area contributed by atoms with Crippen molar-refractivity contribution in [3.8, 4) is 11.5 Å². The fourth-order valence-corrected chi connectivity index (χ4v) is 3.51. The maximum Gasteiger partial charge on any atom is 0.219 e. The molecular formula is C17H21NO6S. The zero-order valence-electron chi connectivity index (χ0n) is 14.0. The van der Waals surface area contributed by atoms with Crippen LogP contribution in [-0.4, -0.2) is 34.5 Å². The largest absolute Gasteiger partial charge is 0.497 e. The Balaban J connectivity index is 2.47. The second-order valence-electron chi connectivity index (χ2n) is 5.36. The number of rotatable bonds is 8. The molecule has 2 rings (SSSR count). The van der Waals surface area contributed by atoms with Gasteiger partial charge < -0.3 is 19.3 Å². The van der Waals surface area contributed by atoms with Gasteiger partial charge in [-0.05, 0) is 23.3 Å². The Morgan fingerprint density at radius 3 is 2.24 bits per heavy atom. The van der Waals surface area contributed by atoms with E-state index in [1.165, 1.54) is 26.4 Å². The van der Waals surface area contributed by atoms with Crippen molar-refractivity contribution < 1.29 is 27.7 Å². The number of benzene rings is 2. The second kappa shape index (κ2) is 8.30. The normalized spacial score (nSPS) is 13.9. The summed E-state index contributed by atoms with van der Waals surface area (Å²) in [6.07, 6.45) is -1.41. The van der Waals surface area contributed by atoms with Crippen LogP contribution in [0.1, 0.15) is 22.5 Å². The number of ether oxygens (including phenoxy) is 3. The molecule has 0 amide bonds. The van der Waals surface area contributed by atoms with E-state index in [0.29, 0.717) is 22.6 Å². The number of hydrogen-bond acceptors (Lipinski definition) is 6. The highest BCUT2D eigenvalue weighted by Crippen LogP contribution is 2.37. The van der Waals surface area contributed by atoms with Crippen LogP contribution in [0.5, 0.6) is 11.5 Å². The van der Waals surface area contributed by atoms with Gasteiger partial charge in [-0.25, -0.2) is 13.6 Å². The maximum absolute atomic E-state index is 12.1. The summed E-state index contributed by atoms with van der Waals surface area (Å²) in [7, 11) is -1.14. The van der Waals surface area contributed by atoms with Crippen molar-refractivity contribution in [2.75, 3.05) is 21.0 Å². The first kappa shape index (κ1) is 19.2. The monoisotopic (exact) mass is 367 g/mol. The van der Waals surface area contributed by atoms with Crippen LogP contribution in [0.3, 0.4) is 0 Å². The van der Waals surface area contributed by atoms with Crippen molar-refractivity contribution in [3.05, 3.63) is 59.7 Å². The van der Waals surface area contributed by atoms with Crippen LogP contribution in [0.15, 0.2) is 48.5 Å². The molecule has 0 saturated carbocycles. The average Bonchev–Trinajstić information content (AvgIpc) is 2.59. The summed E-state index contributed by atoms with van der Waals surface area (Å²) in [6, 6.07) is 13.0. The number of methoxy groups -OCH3 is 2. The van der Waals surface area contributed by atoms with Gasteiger partial charge in [0.2, 0.25) is 10.0 Å². The minimum absolute atomic E-state index is 0.00000416. The van der Waals surface area contributed by atoms with Crippen LogP contribution in [0, 0.1) is 0 Å². The smallest absolute Gasteiger partial charge is 0.219 e. The second-order valence-corrected chi connectivity index (χ2v) is 7.04. The van der Waals surface area contributed by atoms with Gasteiger partial charge in [-0.15, -0.1) is 0 Å². The van der Waals surface area contributed by atoms with Crippen LogP contribution in [0.25, 0.3) is 0 Å². The molecule has 0 heterocycles. The third-order valence-corrected chi connectivity index (χ3v) is 4.83. The third kappa shape index (κ3) is 4.93. The summed E-state index contributed by atoms with van der Waals surface area (Å²) in [5, 5.41) is 14.8. The van der Waals surface area contributed by atoms with Crippen LogP contribution in [-0.2, 0) is 14.8 Å². The lowest BCUT2D eigenvalue weighted by Crippen LogP contribution is -2.27. The van der Waals surface area contributed by atoms with Gasteiger partial charge in [-0.3, -0.25) is 0 Å². The van der Waals surface area contributed by atoms with Gasteiger partial charge in [0.25, 0.3) is 0 Å². The van der Waals surface area contributed by atoms with Crippen LogP contribution in [0.4, 0.5) is 0 Å². The molecule has 0 aliphatic rings. The van der Waals surface area contributed by atoms with E-state index < -0.39 is 21.4 Å². The molecule has 2 aromatic rings. The number of nitrogens with two attached hydrogens (primary N) is 1. The van der Waals surface area contributed by atoms with Gasteiger partial charge >= 0.3 is 0 Å². The SMILES string of the molecule is COCOc1cc(OC)cc(C(O)C(c2ccccc2)S(N)(=O)=O)c1. The predicted octanol–water partition coefficient (Wildman–Crippen LogP) is 1.74. The van der Waals surface area contributed by atoms with E-state index in [1.54, 1.807) is 36.4 Å².